The van der Waals surface area contributed by atoms with E-state index in [0.717, 1.165) is 0 Å². The van der Waals surface area contributed by atoms with E-state index in [1.165, 1.54) is 0 Å². The summed E-state index contributed by atoms with van der Waals surface area (Å²) >= 11 is 0. The van der Waals surface area contributed by atoms with Gasteiger partial charge in [0, 0.05) is 0 Å². The highest BCUT2D eigenvalue weighted by atomic mass is 16.6. The van der Waals surface area contributed by atoms with Crippen molar-refractivity contribution in [2.45, 2.75) is 45.3 Å². The van der Waals surface area contributed by atoms with Crippen LogP contribution < -0.4 is 5.73 Å². The van der Waals surface area contributed by atoms with Crippen molar-refractivity contribution in [1.82, 2.24) is 0 Å². The van der Waals surface area contributed by atoms with Crippen molar-refractivity contribution in [2.24, 2.45) is 11.1 Å². The van der Waals surface area contributed by atoms with E-state index in [9.17, 15) is 9.59 Å². The molecule has 0 radical (unpaired) electrons. The molecule has 1 aliphatic carbocycles. The van der Waals surface area contributed by atoms with Crippen LogP contribution >= 0.6 is 0 Å². The summed E-state index contributed by atoms with van der Waals surface area (Å²) in [6, 6.07) is -1.09. The molecule has 0 aromatic rings. The fourth-order valence-electron chi connectivity index (χ4n) is 1.91. The summed E-state index contributed by atoms with van der Waals surface area (Å²) in [7, 11) is 0. The maximum absolute atomic E-state index is 12.3. The smallest absolute Gasteiger partial charge is 0.320 e. The van der Waals surface area contributed by atoms with E-state index >= 15 is 0 Å². The maximum atomic E-state index is 12.3. The van der Waals surface area contributed by atoms with Crippen molar-refractivity contribution in [1.29, 1.82) is 0 Å². The number of ether oxygens (including phenoxy) is 1. The number of rotatable bonds is 4. The third kappa shape index (κ3) is 4.21. The topological polar surface area (TPSA) is 89.6 Å². The third-order valence-electron chi connectivity index (χ3n) is 2.85. The second kappa shape index (κ2) is 5.57. The van der Waals surface area contributed by atoms with Crippen LogP contribution in [0.25, 0.3) is 0 Å². The van der Waals surface area contributed by atoms with Gasteiger partial charge in [-0.15, -0.1) is 0 Å². The molecule has 1 unspecified atom stereocenters. The van der Waals surface area contributed by atoms with Crippen molar-refractivity contribution >= 4 is 11.9 Å². The van der Waals surface area contributed by atoms with Crippen molar-refractivity contribution in [3.8, 4) is 0 Å². The summed E-state index contributed by atoms with van der Waals surface area (Å²) in [5, 5.41) is 8.92. The zero-order chi connectivity index (χ0) is 14.7. The molecule has 0 spiro atoms. The number of hydrogen-bond donors (Lipinski definition) is 2. The number of carbonyl (C=O) groups excluding carboxylic acids is 1. The van der Waals surface area contributed by atoms with Gasteiger partial charge >= 0.3 is 11.9 Å². The summed E-state index contributed by atoms with van der Waals surface area (Å²) in [4.78, 5) is 23.2. The van der Waals surface area contributed by atoms with Gasteiger partial charge in [0.15, 0.2) is 0 Å². The molecule has 2 atom stereocenters. The molecule has 0 fully saturated rings. The van der Waals surface area contributed by atoms with E-state index in [4.69, 9.17) is 15.6 Å². The Morgan fingerprint density at radius 1 is 1.42 bits per heavy atom. The van der Waals surface area contributed by atoms with Gasteiger partial charge in [0.1, 0.15) is 11.6 Å². The molecule has 1 rings (SSSR count). The maximum Gasteiger partial charge on any atom is 0.320 e. The van der Waals surface area contributed by atoms with Crippen LogP contribution in [0.15, 0.2) is 24.3 Å². The highest BCUT2D eigenvalue weighted by molar-refractivity contribution is 5.82. The van der Waals surface area contributed by atoms with Crippen LogP contribution in [0.2, 0.25) is 0 Å². The van der Waals surface area contributed by atoms with E-state index < -0.39 is 29.0 Å². The lowest BCUT2D eigenvalue weighted by molar-refractivity contribution is -0.165. The lowest BCUT2D eigenvalue weighted by atomic mass is 9.76. The number of carboxylic acid groups (broad SMARTS) is 1. The van der Waals surface area contributed by atoms with Crippen molar-refractivity contribution < 1.29 is 19.4 Å². The van der Waals surface area contributed by atoms with E-state index in [0.29, 0.717) is 6.42 Å². The summed E-state index contributed by atoms with van der Waals surface area (Å²) in [5.74, 6) is -1.55. The number of allylic oxidation sites excluding steroid dienone is 3. The number of hydrogen-bond acceptors (Lipinski definition) is 4. The Morgan fingerprint density at radius 3 is 2.47 bits per heavy atom. The molecule has 5 heteroatoms. The van der Waals surface area contributed by atoms with Gasteiger partial charge in [-0.3, -0.25) is 9.59 Å². The van der Waals surface area contributed by atoms with Gasteiger partial charge in [-0.2, -0.15) is 0 Å². The van der Waals surface area contributed by atoms with E-state index in [1.807, 2.05) is 12.2 Å². The normalized spacial score (nSPS) is 24.0. The van der Waals surface area contributed by atoms with Crippen LogP contribution in [0.5, 0.6) is 0 Å². The first-order valence-electron chi connectivity index (χ1n) is 6.22. The zero-order valence-corrected chi connectivity index (χ0v) is 11.6. The minimum absolute atomic E-state index is 0.0259. The second-order valence-electron chi connectivity index (χ2n) is 5.80. The molecule has 0 saturated carbocycles. The van der Waals surface area contributed by atoms with Gasteiger partial charge in [0.2, 0.25) is 0 Å². The SMILES string of the molecule is CC(C)(C)OC(=O)C1(C[C@H](N)C(=O)O)C=CC=CC1. The number of carbonyl (C=O) groups is 2. The fraction of sp³-hybridized carbons (Fsp3) is 0.571. The highest BCUT2D eigenvalue weighted by Gasteiger charge is 2.41. The lowest BCUT2D eigenvalue weighted by Crippen LogP contribution is -2.43. The van der Waals surface area contributed by atoms with E-state index in [-0.39, 0.29) is 6.42 Å². The van der Waals surface area contributed by atoms with Gasteiger partial charge in [0.05, 0.1) is 5.41 Å². The van der Waals surface area contributed by atoms with Crippen LogP contribution in [-0.2, 0) is 14.3 Å². The third-order valence-corrected chi connectivity index (χ3v) is 2.85. The quantitative estimate of drug-likeness (QED) is 0.756. The lowest BCUT2D eigenvalue weighted by Gasteiger charge is -2.33. The van der Waals surface area contributed by atoms with Crippen LogP contribution in [-0.4, -0.2) is 28.7 Å². The first kappa shape index (κ1) is 15.4. The molecule has 5 nitrogen and oxygen atoms in total. The molecular weight excluding hydrogens is 246 g/mol. The fourth-order valence-corrected chi connectivity index (χ4v) is 1.91. The molecular formula is C14H21NO4. The Labute approximate surface area is 113 Å². The second-order valence-corrected chi connectivity index (χ2v) is 5.80. The first-order valence-corrected chi connectivity index (χ1v) is 6.22. The molecule has 0 aliphatic heterocycles. The molecule has 0 heterocycles. The van der Waals surface area contributed by atoms with Crippen LogP contribution in [0, 0.1) is 5.41 Å². The van der Waals surface area contributed by atoms with E-state index in [1.54, 1.807) is 32.9 Å². The van der Waals surface area contributed by atoms with Gasteiger partial charge < -0.3 is 15.6 Å². The van der Waals surface area contributed by atoms with Gasteiger partial charge in [-0.1, -0.05) is 24.3 Å². The summed E-state index contributed by atoms with van der Waals surface area (Å²) < 4.78 is 5.39. The predicted molar refractivity (Wildman–Crippen MR) is 71.4 cm³/mol. The van der Waals surface area contributed by atoms with Gasteiger partial charge in [0.25, 0.3) is 0 Å². The number of carboxylic acids is 1. The Hall–Kier alpha value is -1.62. The molecule has 19 heavy (non-hydrogen) atoms. The largest absolute Gasteiger partial charge is 0.480 e. The monoisotopic (exact) mass is 267 g/mol. The molecule has 3 N–H and O–H groups in total. The van der Waals surface area contributed by atoms with Gasteiger partial charge in [-0.05, 0) is 33.6 Å². The van der Waals surface area contributed by atoms with Crippen LogP contribution in [0.3, 0.4) is 0 Å². The molecule has 0 amide bonds. The van der Waals surface area contributed by atoms with Crippen LogP contribution in [0.4, 0.5) is 0 Å². The Kier molecular flexibility index (Phi) is 4.52. The molecule has 0 aromatic heterocycles. The average molecular weight is 267 g/mol. The summed E-state index contributed by atoms with van der Waals surface area (Å²) in [6.45, 7) is 5.33. The van der Waals surface area contributed by atoms with Crippen molar-refractivity contribution in [3.63, 3.8) is 0 Å². The molecule has 0 saturated heterocycles. The minimum Gasteiger partial charge on any atom is -0.480 e. The minimum atomic E-state index is -1.12. The van der Waals surface area contributed by atoms with E-state index in [2.05, 4.69) is 0 Å². The summed E-state index contributed by atoms with van der Waals surface area (Å²) in [5.41, 5.74) is 3.96. The number of aliphatic carboxylic acids is 1. The molecule has 0 aromatic carbocycles. The average Bonchev–Trinajstić information content (AvgIpc) is 2.27. The molecule has 106 valence electrons. The van der Waals surface area contributed by atoms with Crippen LogP contribution in [0.1, 0.15) is 33.6 Å². The molecule has 1 aliphatic rings. The predicted octanol–water partition coefficient (Wildman–Crippen LogP) is 1.63. The standard InChI is InChI=1S/C14H21NO4/c1-13(2,3)19-12(18)14(7-5-4-6-8-14)9-10(15)11(16)17/h4-7,10H,8-9,15H2,1-3H3,(H,16,17)/t10-,14?/m0/s1. The number of nitrogens with two attached hydrogens (primary N) is 1. The zero-order valence-electron chi connectivity index (χ0n) is 11.6. The Morgan fingerprint density at radius 2 is 2.05 bits per heavy atom. The molecule has 0 bridgehead atoms. The summed E-state index contributed by atoms with van der Waals surface area (Å²) in [6.07, 6.45) is 7.47. The Bertz CT molecular complexity index is 420. The number of esters is 1. The highest BCUT2D eigenvalue weighted by Crippen LogP contribution is 2.35. The Balaban J connectivity index is 2.94. The van der Waals surface area contributed by atoms with Crippen molar-refractivity contribution in [2.75, 3.05) is 0 Å². The first-order chi connectivity index (χ1) is 8.66. The van der Waals surface area contributed by atoms with Crippen molar-refractivity contribution in [3.05, 3.63) is 24.3 Å². The van der Waals surface area contributed by atoms with Gasteiger partial charge in [-0.25, -0.2) is 0 Å².